The standard InChI is InChI=1S/C20H21ClF2N4O4S/c1-24-20(29)17(13-4-5-14(22)15(23)11-13)26-19(28)12-6-9-27(10-7-12)32(30,31)16-3-2-8-25-18(16)21/h2-5,8,11-12,17H,6-7,9-10H2,1H3,(H,24,29)(H,26,28). The average Bonchev–Trinajstić information content (AvgIpc) is 2.79. The van der Waals surface area contributed by atoms with E-state index < -0.39 is 45.4 Å². The van der Waals surface area contributed by atoms with Gasteiger partial charge in [0.25, 0.3) is 0 Å². The van der Waals surface area contributed by atoms with Gasteiger partial charge in [-0.15, -0.1) is 0 Å². The molecular weight excluding hydrogens is 466 g/mol. The molecule has 1 unspecified atom stereocenters. The maximum Gasteiger partial charge on any atom is 0.246 e. The van der Waals surface area contributed by atoms with E-state index in [2.05, 4.69) is 15.6 Å². The first-order valence-electron chi connectivity index (χ1n) is 9.72. The van der Waals surface area contributed by atoms with E-state index in [9.17, 15) is 26.8 Å². The van der Waals surface area contributed by atoms with E-state index in [0.29, 0.717) is 0 Å². The van der Waals surface area contributed by atoms with Gasteiger partial charge in [-0.05, 0) is 42.7 Å². The number of halogens is 3. The summed E-state index contributed by atoms with van der Waals surface area (Å²) >= 11 is 5.92. The van der Waals surface area contributed by atoms with E-state index in [0.717, 1.165) is 12.1 Å². The number of carbonyl (C=O) groups excluding carboxylic acids is 2. The molecule has 2 aromatic rings. The number of hydrogen-bond donors (Lipinski definition) is 2. The lowest BCUT2D eigenvalue weighted by Gasteiger charge is -2.31. The van der Waals surface area contributed by atoms with Gasteiger partial charge in [-0.2, -0.15) is 4.31 Å². The number of amides is 2. The molecule has 3 rings (SSSR count). The average molecular weight is 487 g/mol. The van der Waals surface area contributed by atoms with Gasteiger partial charge in [-0.3, -0.25) is 9.59 Å². The molecule has 0 bridgehead atoms. The Kier molecular flexibility index (Phi) is 7.42. The third-order valence-electron chi connectivity index (χ3n) is 5.24. The number of benzene rings is 1. The van der Waals surface area contributed by atoms with Crippen LogP contribution in [0.2, 0.25) is 5.15 Å². The fourth-order valence-corrected chi connectivity index (χ4v) is 5.36. The zero-order valence-electron chi connectivity index (χ0n) is 17.0. The topological polar surface area (TPSA) is 108 Å². The molecule has 2 amide bonds. The molecule has 2 heterocycles. The lowest BCUT2D eigenvalue weighted by atomic mass is 9.96. The van der Waals surface area contributed by atoms with Gasteiger partial charge in [0.15, 0.2) is 11.6 Å². The number of piperidine rings is 1. The summed E-state index contributed by atoms with van der Waals surface area (Å²) in [6.07, 6.45) is 1.80. The fourth-order valence-electron chi connectivity index (χ4n) is 3.46. The number of nitrogens with zero attached hydrogens (tertiary/aromatic N) is 2. The monoisotopic (exact) mass is 486 g/mol. The van der Waals surface area contributed by atoms with Crippen LogP contribution in [0.1, 0.15) is 24.4 Å². The summed E-state index contributed by atoms with van der Waals surface area (Å²) in [5.74, 6) is -3.87. The Bertz CT molecular complexity index is 1120. The highest BCUT2D eigenvalue weighted by Crippen LogP contribution is 2.27. The zero-order valence-corrected chi connectivity index (χ0v) is 18.6. The number of carbonyl (C=O) groups is 2. The second kappa shape index (κ2) is 9.88. The number of aromatic nitrogens is 1. The van der Waals surface area contributed by atoms with E-state index in [1.165, 1.54) is 35.7 Å². The molecular formula is C20H21ClF2N4O4S. The zero-order chi connectivity index (χ0) is 23.5. The first-order chi connectivity index (χ1) is 15.1. The lowest BCUT2D eigenvalue weighted by Crippen LogP contribution is -2.46. The quantitative estimate of drug-likeness (QED) is 0.607. The smallest absolute Gasteiger partial charge is 0.246 e. The van der Waals surface area contributed by atoms with E-state index in [1.54, 1.807) is 0 Å². The molecule has 1 fully saturated rings. The van der Waals surface area contributed by atoms with Gasteiger partial charge in [0.2, 0.25) is 21.8 Å². The first-order valence-corrected chi connectivity index (χ1v) is 11.5. The highest BCUT2D eigenvalue weighted by atomic mass is 35.5. The molecule has 32 heavy (non-hydrogen) atoms. The van der Waals surface area contributed by atoms with Crippen molar-refractivity contribution < 1.29 is 26.8 Å². The minimum Gasteiger partial charge on any atom is -0.357 e. The Morgan fingerprint density at radius 3 is 2.47 bits per heavy atom. The number of likely N-dealkylation sites (N-methyl/N-ethyl adjacent to an activating group) is 1. The molecule has 1 atom stereocenters. The summed E-state index contributed by atoms with van der Waals surface area (Å²) in [7, 11) is -2.51. The molecule has 0 radical (unpaired) electrons. The van der Waals surface area contributed by atoms with Gasteiger partial charge in [0.05, 0.1) is 0 Å². The third kappa shape index (κ3) is 5.05. The second-order valence-corrected chi connectivity index (χ2v) is 9.46. The molecule has 172 valence electrons. The van der Waals surface area contributed by atoms with Crippen molar-refractivity contribution in [2.75, 3.05) is 20.1 Å². The Balaban J connectivity index is 1.69. The van der Waals surface area contributed by atoms with E-state index >= 15 is 0 Å². The maximum atomic E-state index is 13.6. The predicted octanol–water partition coefficient (Wildman–Crippen LogP) is 2.02. The molecule has 1 aliphatic rings. The van der Waals surface area contributed by atoms with Gasteiger partial charge >= 0.3 is 0 Å². The molecule has 1 aliphatic heterocycles. The summed E-state index contributed by atoms with van der Waals surface area (Å²) in [6, 6.07) is 4.54. The van der Waals surface area contributed by atoms with Crippen LogP contribution in [0.4, 0.5) is 8.78 Å². The van der Waals surface area contributed by atoms with E-state index in [4.69, 9.17) is 11.6 Å². The number of sulfonamides is 1. The van der Waals surface area contributed by atoms with Crippen LogP contribution in [0.3, 0.4) is 0 Å². The lowest BCUT2D eigenvalue weighted by molar-refractivity contribution is -0.131. The van der Waals surface area contributed by atoms with Crippen molar-refractivity contribution in [3.05, 3.63) is 58.9 Å². The summed E-state index contributed by atoms with van der Waals surface area (Å²) in [5, 5.41) is 4.80. The number of pyridine rings is 1. The van der Waals surface area contributed by atoms with Crippen LogP contribution >= 0.6 is 11.6 Å². The molecule has 1 aromatic carbocycles. The van der Waals surface area contributed by atoms with Crippen molar-refractivity contribution in [1.82, 2.24) is 19.9 Å². The van der Waals surface area contributed by atoms with Crippen LogP contribution in [0.25, 0.3) is 0 Å². The van der Waals surface area contributed by atoms with Gasteiger partial charge in [0.1, 0.15) is 16.1 Å². The van der Waals surface area contributed by atoms with Crippen molar-refractivity contribution in [2.45, 2.75) is 23.8 Å². The van der Waals surface area contributed by atoms with Crippen LogP contribution in [0, 0.1) is 17.6 Å². The molecule has 1 saturated heterocycles. The van der Waals surface area contributed by atoms with Crippen molar-refractivity contribution >= 4 is 33.4 Å². The minimum absolute atomic E-state index is 0.0709. The Morgan fingerprint density at radius 1 is 1.19 bits per heavy atom. The van der Waals surface area contributed by atoms with Crippen molar-refractivity contribution in [1.29, 1.82) is 0 Å². The van der Waals surface area contributed by atoms with Crippen LogP contribution in [-0.4, -0.2) is 49.7 Å². The predicted molar refractivity (Wildman–Crippen MR) is 112 cm³/mol. The fraction of sp³-hybridized carbons (Fsp3) is 0.350. The molecule has 2 N–H and O–H groups in total. The molecule has 12 heteroatoms. The van der Waals surface area contributed by atoms with E-state index in [-0.39, 0.29) is 41.5 Å². The van der Waals surface area contributed by atoms with Crippen LogP contribution in [-0.2, 0) is 19.6 Å². The molecule has 1 aromatic heterocycles. The Morgan fingerprint density at radius 2 is 1.88 bits per heavy atom. The highest BCUT2D eigenvalue weighted by Gasteiger charge is 2.34. The minimum atomic E-state index is -3.87. The highest BCUT2D eigenvalue weighted by molar-refractivity contribution is 7.89. The first kappa shape index (κ1) is 24.0. The van der Waals surface area contributed by atoms with E-state index in [1.807, 2.05) is 0 Å². The van der Waals surface area contributed by atoms with Crippen molar-refractivity contribution in [3.63, 3.8) is 0 Å². The normalized spacial score (nSPS) is 16.4. The molecule has 0 spiro atoms. The number of rotatable bonds is 6. The Labute approximate surface area is 189 Å². The van der Waals surface area contributed by atoms with Gasteiger partial charge in [-0.25, -0.2) is 22.2 Å². The van der Waals surface area contributed by atoms with Crippen molar-refractivity contribution in [3.8, 4) is 0 Å². The summed E-state index contributed by atoms with van der Waals surface area (Å²) in [6.45, 7) is 0.142. The second-order valence-electron chi connectivity index (χ2n) is 7.20. The van der Waals surface area contributed by atoms with Crippen molar-refractivity contribution in [2.24, 2.45) is 5.92 Å². The maximum absolute atomic E-state index is 13.6. The summed E-state index contributed by atoms with van der Waals surface area (Å²) in [5.41, 5.74) is 0.0860. The molecule has 0 saturated carbocycles. The van der Waals surface area contributed by atoms with Gasteiger partial charge in [0, 0.05) is 32.3 Å². The third-order valence-corrected chi connectivity index (χ3v) is 7.58. The van der Waals surface area contributed by atoms with Crippen LogP contribution in [0.5, 0.6) is 0 Å². The SMILES string of the molecule is CNC(=O)C(NC(=O)C1CCN(S(=O)(=O)c2cccnc2Cl)CC1)c1ccc(F)c(F)c1. The van der Waals surface area contributed by atoms with Crippen LogP contribution < -0.4 is 10.6 Å². The van der Waals surface area contributed by atoms with Crippen LogP contribution in [0.15, 0.2) is 41.4 Å². The molecule has 0 aliphatic carbocycles. The molecule has 8 nitrogen and oxygen atoms in total. The Hall–Kier alpha value is -2.63. The van der Waals surface area contributed by atoms with Gasteiger partial charge in [-0.1, -0.05) is 17.7 Å². The number of hydrogen-bond acceptors (Lipinski definition) is 5. The van der Waals surface area contributed by atoms with Gasteiger partial charge < -0.3 is 10.6 Å². The largest absolute Gasteiger partial charge is 0.357 e. The summed E-state index contributed by atoms with van der Waals surface area (Å²) in [4.78, 5) is 28.7. The number of nitrogens with one attached hydrogen (secondary N) is 2. The summed E-state index contributed by atoms with van der Waals surface area (Å²) < 4.78 is 53.7.